The third kappa shape index (κ3) is 6.05. The van der Waals surface area contributed by atoms with Crippen LogP contribution >= 0.6 is 15.9 Å². The fourth-order valence-corrected chi connectivity index (χ4v) is 5.91. The van der Waals surface area contributed by atoms with E-state index in [1.54, 1.807) is 7.11 Å². The number of benzene rings is 1. The molecule has 1 heterocycles. The second-order valence-corrected chi connectivity index (χ2v) is 10.6. The van der Waals surface area contributed by atoms with Gasteiger partial charge in [-0.1, -0.05) is 66.6 Å². The summed E-state index contributed by atoms with van der Waals surface area (Å²) < 4.78 is 11.8. The third-order valence-corrected chi connectivity index (χ3v) is 8.02. The Hall–Kier alpha value is -1.82. The predicted molar refractivity (Wildman–Crippen MR) is 141 cm³/mol. The highest BCUT2D eigenvalue weighted by Crippen LogP contribution is 2.38. The van der Waals surface area contributed by atoms with E-state index in [9.17, 15) is 4.79 Å². The van der Waals surface area contributed by atoms with E-state index < -0.39 is 0 Å². The maximum atomic E-state index is 13.5. The molecule has 1 aliphatic heterocycles. The van der Waals surface area contributed by atoms with E-state index in [4.69, 9.17) is 14.6 Å². The van der Waals surface area contributed by atoms with Crippen molar-refractivity contribution in [2.24, 2.45) is 16.9 Å². The number of hydrazone groups is 1. The number of carbonyl (C=O) groups is 1. The number of hydrogen-bond donors (Lipinski definition) is 0. The van der Waals surface area contributed by atoms with Gasteiger partial charge in [-0.15, -0.1) is 0 Å². The Kier molecular flexibility index (Phi) is 9.49. The molecule has 0 N–H and O–H groups in total. The highest BCUT2D eigenvalue weighted by atomic mass is 79.9. The lowest BCUT2D eigenvalue weighted by atomic mass is 9.76. The molecule has 0 aromatic heterocycles. The largest absolute Gasteiger partial charge is 0.493 e. The number of amides is 1. The average Bonchev–Trinajstić information content (AvgIpc) is 3.16. The molecule has 6 heteroatoms. The number of methoxy groups -OCH3 is 1. The SMILES string of the molecule is COc1ccc(C2=NN(C3CCCCCC3)C(=O)C3CC=CCC23)cc1OCCCCCCBr. The number of alkyl halides is 1. The first-order valence-corrected chi connectivity index (χ1v) is 14.3. The smallest absolute Gasteiger partial charge is 0.247 e. The zero-order chi connectivity index (χ0) is 23.8. The number of rotatable bonds is 10. The summed E-state index contributed by atoms with van der Waals surface area (Å²) in [5.41, 5.74) is 2.08. The number of hydrogen-bond acceptors (Lipinski definition) is 4. The molecular formula is C28H39BrN2O3. The summed E-state index contributed by atoms with van der Waals surface area (Å²) in [6.07, 6.45) is 17.7. The normalized spacial score (nSPS) is 23.3. The van der Waals surface area contributed by atoms with Crippen LogP contribution in [0.15, 0.2) is 35.5 Å². The van der Waals surface area contributed by atoms with Crippen molar-refractivity contribution >= 4 is 27.5 Å². The number of carbonyl (C=O) groups excluding carboxylic acids is 1. The van der Waals surface area contributed by atoms with Gasteiger partial charge in [0.1, 0.15) is 0 Å². The van der Waals surface area contributed by atoms with Gasteiger partial charge in [-0.05, 0) is 56.7 Å². The van der Waals surface area contributed by atoms with Crippen LogP contribution in [0.25, 0.3) is 0 Å². The van der Waals surface area contributed by atoms with Gasteiger partial charge in [0.25, 0.3) is 0 Å². The summed E-state index contributed by atoms with van der Waals surface area (Å²) in [6, 6.07) is 6.37. The van der Waals surface area contributed by atoms with Crippen LogP contribution in [0.2, 0.25) is 0 Å². The van der Waals surface area contributed by atoms with Gasteiger partial charge in [-0.2, -0.15) is 5.10 Å². The van der Waals surface area contributed by atoms with Crippen molar-refractivity contribution in [2.45, 2.75) is 83.1 Å². The zero-order valence-corrected chi connectivity index (χ0v) is 22.1. The highest BCUT2D eigenvalue weighted by molar-refractivity contribution is 9.09. The van der Waals surface area contributed by atoms with Crippen molar-refractivity contribution in [3.05, 3.63) is 35.9 Å². The number of nitrogens with zero attached hydrogens (tertiary/aromatic N) is 2. The first kappa shape index (κ1) is 25.3. The summed E-state index contributed by atoms with van der Waals surface area (Å²) in [4.78, 5) is 13.5. The molecule has 0 spiro atoms. The van der Waals surface area contributed by atoms with E-state index in [0.29, 0.717) is 6.61 Å². The molecule has 1 aromatic carbocycles. The quantitative estimate of drug-likeness (QED) is 0.143. The van der Waals surface area contributed by atoms with Crippen LogP contribution in [-0.4, -0.2) is 41.7 Å². The summed E-state index contributed by atoms with van der Waals surface area (Å²) in [7, 11) is 1.68. The lowest BCUT2D eigenvalue weighted by Crippen LogP contribution is -2.49. The molecule has 2 unspecified atom stereocenters. The van der Waals surface area contributed by atoms with Gasteiger partial charge in [-0.25, -0.2) is 5.01 Å². The van der Waals surface area contributed by atoms with Crippen LogP contribution in [-0.2, 0) is 4.79 Å². The van der Waals surface area contributed by atoms with Crippen LogP contribution in [0.3, 0.4) is 0 Å². The molecule has 2 atom stereocenters. The first-order chi connectivity index (χ1) is 16.7. The standard InChI is InChI=1S/C28H39BrN2O3/c1-33-25-17-16-21(20-26(25)34-19-11-5-4-10-18-29)27-23-14-8-9-15-24(23)28(32)31(30-27)22-12-6-2-3-7-13-22/h8-9,16-17,20,22-24H,2-7,10-15,18-19H2,1H3. The molecule has 1 fully saturated rings. The molecule has 1 amide bonds. The van der Waals surface area contributed by atoms with Crippen LogP contribution < -0.4 is 9.47 Å². The Morgan fingerprint density at radius 3 is 2.44 bits per heavy atom. The Morgan fingerprint density at radius 2 is 1.71 bits per heavy atom. The van der Waals surface area contributed by atoms with Crippen LogP contribution in [0.4, 0.5) is 0 Å². The summed E-state index contributed by atoms with van der Waals surface area (Å²) in [5, 5.41) is 8.01. The Morgan fingerprint density at radius 1 is 0.971 bits per heavy atom. The van der Waals surface area contributed by atoms with Gasteiger partial charge in [-0.3, -0.25) is 4.79 Å². The average molecular weight is 532 g/mol. The summed E-state index contributed by atoms with van der Waals surface area (Å²) >= 11 is 3.49. The van der Waals surface area contributed by atoms with E-state index in [0.717, 1.165) is 66.6 Å². The number of ether oxygens (including phenoxy) is 2. The minimum Gasteiger partial charge on any atom is -0.493 e. The Bertz CT molecular complexity index is 876. The van der Waals surface area contributed by atoms with Gasteiger partial charge >= 0.3 is 0 Å². The second-order valence-electron chi connectivity index (χ2n) is 9.79. The molecule has 0 saturated heterocycles. The minimum atomic E-state index is -0.0124. The van der Waals surface area contributed by atoms with E-state index in [1.807, 2.05) is 11.1 Å². The monoisotopic (exact) mass is 530 g/mol. The van der Waals surface area contributed by atoms with E-state index in [-0.39, 0.29) is 23.8 Å². The molecular weight excluding hydrogens is 492 g/mol. The molecule has 5 nitrogen and oxygen atoms in total. The van der Waals surface area contributed by atoms with Crippen molar-refractivity contribution in [1.29, 1.82) is 0 Å². The molecule has 3 aliphatic rings. The predicted octanol–water partition coefficient (Wildman–Crippen LogP) is 6.88. The molecule has 0 radical (unpaired) electrons. The summed E-state index contributed by atoms with van der Waals surface area (Å²) in [5.74, 6) is 1.85. The van der Waals surface area contributed by atoms with Crippen molar-refractivity contribution in [1.82, 2.24) is 5.01 Å². The lowest BCUT2D eigenvalue weighted by molar-refractivity contribution is -0.140. The van der Waals surface area contributed by atoms with Crippen LogP contribution in [0.5, 0.6) is 11.5 Å². The molecule has 2 aliphatic carbocycles. The third-order valence-electron chi connectivity index (χ3n) is 7.46. The molecule has 1 saturated carbocycles. The van der Waals surface area contributed by atoms with Crippen molar-refractivity contribution in [3.63, 3.8) is 0 Å². The fraction of sp³-hybridized carbons (Fsp3) is 0.643. The second kappa shape index (κ2) is 12.8. The van der Waals surface area contributed by atoms with E-state index in [1.165, 1.54) is 38.5 Å². The van der Waals surface area contributed by atoms with Crippen molar-refractivity contribution in [2.75, 3.05) is 19.0 Å². The van der Waals surface area contributed by atoms with Crippen molar-refractivity contribution in [3.8, 4) is 11.5 Å². The molecule has 34 heavy (non-hydrogen) atoms. The molecule has 186 valence electrons. The number of unbranched alkanes of at least 4 members (excludes halogenated alkanes) is 3. The van der Waals surface area contributed by atoms with Gasteiger partial charge < -0.3 is 9.47 Å². The van der Waals surface area contributed by atoms with E-state index >= 15 is 0 Å². The molecule has 0 bridgehead atoms. The van der Waals surface area contributed by atoms with Crippen LogP contribution in [0.1, 0.15) is 82.6 Å². The lowest BCUT2D eigenvalue weighted by Gasteiger charge is -2.40. The zero-order valence-electron chi connectivity index (χ0n) is 20.5. The molecule has 4 rings (SSSR count). The first-order valence-electron chi connectivity index (χ1n) is 13.2. The topological polar surface area (TPSA) is 51.1 Å². The fourth-order valence-electron chi connectivity index (χ4n) is 5.52. The van der Waals surface area contributed by atoms with Gasteiger partial charge in [0.2, 0.25) is 5.91 Å². The highest BCUT2D eigenvalue weighted by Gasteiger charge is 2.42. The maximum absolute atomic E-state index is 13.5. The van der Waals surface area contributed by atoms with Crippen molar-refractivity contribution < 1.29 is 14.3 Å². The number of allylic oxidation sites excluding steroid dienone is 2. The minimum absolute atomic E-state index is 0.0124. The Labute approximate surface area is 213 Å². The van der Waals surface area contributed by atoms with E-state index in [2.05, 4.69) is 40.2 Å². The summed E-state index contributed by atoms with van der Waals surface area (Å²) in [6.45, 7) is 0.677. The molecule has 1 aromatic rings. The van der Waals surface area contributed by atoms with Crippen LogP contribution in [0, 0.1) is 11.8 Å². The Balaban J connectivity index is 1.58. The maximum Gasteiger partial charge on any atom is 0.247 e. The van der Waals surface area contributed by atoms with Gasteiger partial charge in [0.15, 0.2) is 11.5 Å². The van der Waals surface area contributed by atoms with Gasteiger partial charge in [0, 0.05) is 16.8 Å². The van der Waals surface area contributed by atoms with Gasteiger partial charge in [0.05, 0.1) is 31.4 Å². The number of fused-ring (bicyclic) bond motifs is 1. The number of halogens is 1.